The number of para-hydroxylation sites is 2. The van der Waals surface area contributed by atoms with E-state index in [9.17, 15) is 0 Å². The third kappa shape index (κ3) is 4.13. The Labute approximate surface area is 137 Å². The Hall–Kier alpha value is -2.74. The van der Waals surface area contributed by atoms with E-state index in [-0.39, 0.29) is 0 Å². The van der Waals surface area contributed by atoms with Crippen LogP contribution in [0.1, 0.15) is 16.7 Å². The van der Waals surface area contributed by atoms with Crippen LogP contribution in [-0.4, -0.2) is 0 Å². The third-order valence-electron chi connectivity index (χ3n) is 3.83. The Bertz CT molecular complexity index is 675. The molecule has 3 rings (SSSR count). The maximum Gasteiger partial charge on any atom is 0.119 e. The first-order valence-corrected chi connectivity index (χ1v) is 7.76. The van der Waals surface area contributed by atoms with E-state index in [1.165, 1.54) is 16.7 Å². The number of ether oxygens (including phenoxy) is 2. The zero-order valence-corrected chi connectivity index (χ0v) is 13.2. The van der Waals surface area contributed by atoms with Crippen LogP contribution in [0.4, 0.5) is 0 Å². The molecule has 0 saturated heterocycles. The Morgan fingerprint density at radius 1 is 0.565 bits per heavy atom. The van der Waals surface area contributed by atoms with Crippen LogP contribution in [0.15, 0.2) is 78.9 Å². The Morgan fingerprint density at radius 2 is 1.00 bits per heavy atom. The van der Waals surface area contributed by atoms with Gasteiger partial charge in [0.15, 0.2) is 0 Å². The Kier molecular flexibility index (Phi) is 4.95. The quantitative estimate of drug-likeness (QED) is 0.627. The molecule has 0 bridgehead atoms. The zero-order chi connectivity index (χ0) is 15.9. The van der Waals surface area contributed by atoms with Crippen LogP contribution in [0.3, 0.4) is 0 Å². The summed E-state index contributed by atoms with van der Waals surface area (Å²) in [6.45, 7) is 3.25. The van der Waals surface area contributed by atoms with Crippen molar-refractivity contribution in [1.29, 1.82) is 0 Å². The number of benzene rings is 3. The highest BCUT2D eigenvalue weighted by atomic mass is 16.5. The predicted octanol–water partition coefficient (Wildman–Crippen LogP) is 5.15. The lowest BCUT2D eigenvalue weighted by Gasteiger charge is -2.13. The number of rotatable bonds is 6. The van der Waals surface area contributed by atoms with E-state index >= 15 is 0 Å². The molecule has 116 valence electrons. The molecule has 0 radical (unpaired) electrons. The molecule has 2 nitrogen and oxygen atoms in total. The molecule has 0 fully saturated rings. The number of hydrogen-bond acceptors (Lipinski definition) is 2. The average Bonchev–Trinajstić information content (AvgIpc) is 2.61. The number of hydrogen-bond donors (Lipinski definition) is 0. The van der Waals surface area contributed by atoms with E-state index in [1.807, 2.05) is 60.7 Å². The van der Waals surface area contributed by atoms with Gasteiger partial charge in [-0.3, -0.25) is 0 Å². The summed E-state index contributed by atoms with van der Waals surface area (Å²) in [4.78, 5) is 0. The first-order chi connectivity index (χ1) is 11.3. The maximum absolute atomic E-state index is 5.85. The summed E-state index contributed by atoms with van der Waals surface area (Å²) in [5.74, 6) is 1.77. The lowest BCUT2D eigenvalue weighted by atomic mass is 10.0. The highest BCUT2D eigenvalue weighted by Gasteiger charge is 2.06. The van der Waals surface area contributed by atoms with Gasteiger partial charge in [-0.25, -0.2) is 0 Å². The standard InChI is InChI=1S/C21H20O2/c1-17-18(15-22-20-11-4-2-5-12-20)9-8-10-19(17)16-23-21-13-6-3-7-14-21/h2-14H,15-16H2,1H3. The third-order valence-corrected chi connectivity index (χ3v) is 3.83. The summed E-state index contributed by atoms with van der Waals surface area (Å²) in [7, 11) is 0. The smallest absolute Gasteiger partial charge is 0.119 e. The zero-order valence-electron chi connectivity index (χ0n) is 13.2. The average molecular weight is 304 g/mol. The largest absolute Gasteiger partial charge is 0.489 e. The minimum absolute atomic E-state index is 0.565. The van der Waals surface area contributed by atoms with E-state index in [1.54, 1.807) is 0 Å². The second kappa shape index (κ2) is 7.50. The van der Waals surface area contributed by atoms with Gasteiger partial charge in [0.1, 0.15) is 24.7 Å². The van der Waals surface area contributed by atoms with Crippen LogP contribution in [0.2, 0.25) is 0 Å². The van der Waals surface area contributed by atoms with E-state index in [4.69, 9.17) is 9.47 Å². The van der Waals surface area contributed by atoms with Gasteiger partial charge in [0.2, 0.25) is 0 Å². The first-order valence-electron chi connectivity index (χ1n) is 7.76. The molecule has 0 amide bonds. The SMILES string of the molecule is Cc1c(COc2ccccc2)cccc1COc1ccccc1. The summed E-state index contributed by atoms with van der Waals surface area (Å²) < 4.78 is 11.7. The molecular formula is C21H20O2. The fraction of sp³-hybridized carbons (Fsp3) is 0.143. The minimum Gasteiger partial charge on any atom is -0.489 e. The van der Waals surface area contributed by atoms with Gasteiger partial charge in [-0.05, 0) is 47.9 Å². The van der Waals surface area contributed by atoms with Gasteiger partial charge in [0.05, 0.1) is 0 Å². The molecule has 0 unspecified atom stereocenters. The molecule has 0 aliphatic carbocycles. The normalized spacial score (nSPS) is 10.3. The van der Waals surface area contributed by atoms with Crippen molar-refractivity contribution in [2.24, 2.45) is 0 Å². The van der Waals surface area contributed by atoms with Crippen molar-refractivity contribution in [2.75, 3.05) is 0 Å². The topological polar surface area (TPSA) is 18.5 Å². The van der Waals surface area contributed by atoms with E-state index in [2.05, 4.69) is 25.1 Å². The maximum atomic E-state index is 5.85. The summed E-state index contributed by atoms with van der Waals surface area (Å²) >= 11 is 0. The van der Waals surface area contributed by atoms with Crippen molar-refractivity contribution in [2.45, 2.75) is 20.1 Å². The van der Waals surface area contributed by atoms with Gasteiger partial charge in [-0.15, -0.1) is 0 Å². The molecule has 0 aromatic heterocycles. The van der Waals surface area contributed by atoms with Crippen LogP contribution < -0.4 is 9.47 Å². The molecule has 0 N–H and O–H groups in total. The predicted molar refractivity (Wildman–Crippen MR) is 92.7 cm³/mol. The lowest BCUT2D eigenvalue weighted by Crippen LogP contribution is -2.03. The van der Waals surface area contributed by atoms with Gasteiger partial charge in [0, 0.05) is 0 Å². The summed E-state index contributed by atoms with van der Waals surface area (Å²) in [5.41, 5.74) is 3.59. The highest BCUT2D eigenvalue weighted by Crippen LogP contribution is 2.19. The second-order valence-electron chi connectivity index (χ2n) is 5.40. The van der Waals surface area contributed by atoms with Crippen molar-refractivity contribution in [1.82, 2.24) is 0 Å². The van der Waals surface area contributed by atoms with Gasteiger partial charge >= 0.3 is 0 Å². The van der Waals surface area contributed by atoms with Gasteiger partial charge in [0.25, 0.3) is 0 Å². The fourth-order valence-electron chi connectivity index (χ4n) is 2.40. The molecule has 0 atom stereocenters. The minimum atomic E-state index is 0.565. The monoisotopic (exact) mass is 304 g/mol. The van der Waals surface area contributed by atoms with Gasteiger partial charge in [-0.1, -0.05) is 54.6 Å². The van der Waals surface area contributed by atoms with Crippen LogP contribution in [0.25, 0.3) is 0 Å². The summed E-state index contributed by atoms with van der Waals surface area (Å²) in [6, 6.07) is 26.0. The van der Waals surface area contributed by atoms with E-state index in [0.717, 1.165) is 11.5 Å². The first kappa shape index (κ1) is 15.2. The van der Waals surface area contributed by atoms with Crippen molar-refractivity contribution >= 4 is 0 Å². The van der Waals surface area contributed by atoms with Crippen molar-refractivity contribution < 1.29 is 9.47 Å². The van der Waals surface area contributed by atoms with Crippen LogP contribution in [-0.2, 0) is 13.2 Å². The molecule has 0 spiro atoms. The van der Waals surface area contributed by atoms with E-state index < -0.39 is 0 Å². The second-order valence-corrected chi connectivity index (χ2v) is 5.40. The molecule has 3 aromatic rings. The molecule has 0 aliphatic rings. The summed E-state index contributed by atoms with van der Waals surface area (Å²) in [5, 5.41) is 0. The molecule has 0 heterocycles. The van der Waals surface area contributed by atoms with Crippen LogP contribution >= 0.6 is 0 Å². The Balaban J connectivity index is 1.66. The van der Waals surface area contributed by atoms with Gasteiger partial charge in [-0.2, -0.15) is 0 Å². The van der Waals surface area contributed by atoms with Crippen molar-refractivity contribution in [3.8, 4) is 11.5 Å². The lowest BCUT2D eigenvalue weighted by molar-refractivity contribution is 0.298. The van der Waals surface area contributed by atoms with E-state index in [0.29, 0.717) is 13.2 Å². The summed E-state index contributed by atoms with van der Waals surface area (Å²) in [6.07, 6.45) is 0. The Morgan fingerprint density at radius 3 is 1.43 bits per heavy atom. The highest BCUT2D eigenvalue weighted by molar-refractivity contribution is 5.34. The molecule has 0 saturated carbocycles. The fourth-order valence-corrected chi connectivity index (χ4v) is 2.40. The molecule has 0 aliphatic heterocycles. The van der Waals surface area contributed by atoms with Crippen molar-refractivity contribution in [3.05, 3.63) is 95.6 Å². The van der Waals surface area contributed by atoms with Crippen molar-refractivity contribution in [3.63, 3.8) is 0 Å². The van der Waals surface area contributed by atoms with Crippen LogP contribution in [0, 0.1) is 6.92 Å². The molecule has 23 heavy (non-hydrogen) atoms. The molecular weight excluding hydrogens is 284 g/mol. The molecule has 2 heteroatoms. The van der Waals surface area contributed by atoms with Gasteiger partial charge < -0.3 is 9.47 Å². The van der Waals surface area contributed by atoms with Crippen LogP contribution in [0.5, 0.6) is 11.5 Å². The molecule has 3 aromatic carbocycles.